The molecule has 1 rings (SSSR count). The van der Waals surface area contributed by atoms with Gasteiger partial charge in [0.2, 0.25) is 11.4 Å². The molecule has 0 saturated heterocycles. The van der Waals surface area contributed by atoms with Gasteiger partial charge in [0.25, 0.3) is 0 Å². The molecule has 27 heavy (non-hydrogen) atoms. The zero-order chi connectivity index (χ0) is 20.5. The van der Waals surface area contributed by atoms with Gasteiger partial charge in [0.1, 0.15) is 0 Å². The first-order chi connectivity index (χ1) is 12.7. The Morgan fingerprint density at radius 2 is 1.67 bits per heavy atom. The zero-order valence-corrected chi connectivity index (χ0v) is 16.2. The minimum absolute atomic E-state index is 0.520. The molecule has 1 unspecified atom stereocenters. The predicted octanol–water partition coefficient (Wildman–Crippen LogP) is 4.29. The Morgan fingerprint density at radius 1 is 1.07 bits per heavy atom. The Hall–Kier alpha value is -3.20. The summed E-state index contributed by atoms with van der Waals surface area (Å²) in [6, 6.07) is 8.95. The molecule has 0 aromatic heterocycles. The van der Waals surface area contributed by atoms with E-state index in [1.807, 2.05) is 6.07 Å². The Balaban J connectivity index is 3.44. The van der Waals surface area contributed by atoms with Crippen LogP contribution in [0.3, 0.4) is 0 Å². The fourth-order valence-electron chi connectivity index (χ4n) is 2.43. The first-order valence-electron chi connectivity index (χ1n) is 8.35. The maximum Gasteiger partial charge on any atom is 0.305 e. The summed E-state index contributed by atoms with van der Waals surface area (Å²) >= 11 is 0. The third kappa shape index (κ3) is 6.23. The van der Waals surface area contributed by atoms with Crippen LogP contribution in [0.25, 0.3) is 0 Å². The molecule has 2 atom stereocenters. The standard InChI is InChI=1S/C21H24N2O4/c1-7-9-13-18(8-2)20(5,26-16(3)24)22-23-21(6,27-17(4)25)19-14-11-10-12-15-19/h1,8-15H,2-6H3/b13-9-,18-8+,23-22+/t20-,21?/m0/s1. The molecule has 1 aromatic carbocycles. The van der Waals surface area contributed by atoms with Crippen molar-refractivity contribution in [3.05, 3.63) is 59.7 Å². The number of carbonyl (C=O) groups is 2. The van der Waals surface area contributed by atoms with Gasteiger partial charge in [0.05, 0.1) is 0 Å². The van der Waals surface area contributed by atoms with Gasteiger partial charge in [0.15, 0.2) is 0 Å². The molecule has 6 heteroatoms. The summed E-state index contributed by atoms with van der Waals surface area (Å²) in [4.78, 5) is 23.2. The van der Waals surface area contributed by atoms with Crippen LogP contribution in [0.5, 0.6) is 0 Å². The van der Waals surface area contributed by atoms with E-state index < -0.39 is 23.4 Å². The molecule has 0 bridgehead atoms. The van der Waals surface area contributed by atoms with Gasteiger partial charge in [-0.05, 0) is 19.1 Å². The molecule has 0 heterocycles. The van der Waals surface area contributed by atoms with Crippen LogP contribution in [0, 0.1) is 12.3 Å². The molecule has 142 valence electrons. The van der Waals surface area contributed by atoms with E-state index in [4.69, 9.17) is 15.9 Å². The number of rotatable bonds is 7. The van der Waals surface area contributed by atoms with Gasteiger partial charge in [-0.3, -0.25) is 9.59 Å². The quantitative estimate of drug-likeness (QED) is 0.311. The van der Waals surface area contributed by atoms with E-state index in [9.17, 15) is 9.59 Å². The lowest BCUT2D eigenvalue weighted by Gasteiger charge is -2.28. The third-order valence-electron chi connectivity index (χ3n) is 3.63. The number of carbonyl (C=O) groups excluding carboxylic acids is 2. The van der Waals surface area contributed by atoms with Gasteiger partial charge in [-0.15, -0.1) is 16.7 Å². The number of terminal acetylenes is 1. The molecule has 1 aromatic rings. The van der Waals surface area contributed by atoms with Crippen molar-refractivity contribution in [3.63, 3.8) is 0 Å². The number of benzene rings is 1. The first kappa shape index (κ1) is 21.8. The number of ether oxygens (including phenoxy) is 2. The SMILES string of the molecule is C#C/C=C\C(=C/C)[C@@](C)(/N=N/C(C)(OC(C)=O)c1ccccc1)OC(C)=O. The van der Waals surface area contributed by atoms with E-state index >= 15 is 0 Å². The molecule has 0 N–H and O–H groups in total. The maximum absolute atomic E-state index is 11.6. The van der Waals surface area contributed by atoms with Crippen molar-refractivity contribution in [2.45, 2.75) is 46.1 Å². The van der Waals surface area contributed by atoms with Gasteiger partial charge in [-0.25, -0.2) is 0 Å². The molecule has 0 aliphatic heterocycles. The monoisotopic (exact) mass is 368 g/mol. The van der Waals surface area contributed by atoms with Gasteiger partial charge in [-0.2, -0.15) is 0 Å². The molecular weight excluding hydrogens is 344 g/mol. The lowest BCUT2D eigenvalue weighted by Crippen LogP contribution is -2.32. The van der Waals surface area contributed by atoms with E-state index in [1.54, 1.807) is 57.2 Å². The van der Waals surface area contributed by atoms with Crippen molar-refractivity contribution >= 4 is 11.9 Å². The van der Waals surface area contributed by atoms with Gasteiger partial charge >= 0.3 is 11.9 Å². The number of azo groups is 1. The minimum Gasteiger partial charge on any atom is -0.431 e. The summed E-state index contributed by atoms with van der Waals surface area (Å²) in [7, 11) is 0. The minimum atomic E-state index is -1.44. The van der Waals surface area contributed by atoms with Crippen LogP contribution in [0.4, 0.5) is 0 Å². The number of esters is 2. The predicted molar refractivity (Wildman–Crippen MR) is 102 cm³/mol. The van der Waals surface area contributed by atoms with Gasteiger partial charge in [-0.1, -0.05) is 42.3 Å². The Labute approximate surface area is 160 Å². The van der Waals surface area contributed by atoms with Crippen molar-refractivity contribution in [2.24, 2.45) is 10.2 Å². The van der Waals surface area contributed by atoms with E-state index in [1.165, 1.54) is 19.9 Å². The molecule has 0 radical (unpaired) electrons. The van der Waals surface area contributed by atoms with Crippen molar-refractivity contribution in [3.8, 4) is 12.3 Å². The Morgan fingerprint density at radius 3 is 2.15 bits per heavy atom. The molecule has 0 fully saturated rings. The molecule has 0 amide bonds. The molecular formula is C21H24N2O4. The topological polar surface area (TPSA) is 77.3 Å². The molecule has 0 spiro atoms. The van der Waals surface area contributed by atoms with Crippen LogP contribution >= 0.6 is 0 Å². The number of hydrogen-bond acceptors (Lipinski definition) is 6. The average Bonchev–Trinajstić information content (AvgIpc) is 2.60. The second-order valence-electron chi connectivity index (χ2n) is 5.96. The molecule has 0 aliphatic carbocycles. The molecule has 0 aliphatic rings. The van der Waals surface area contributed by atoms with Crippen LogP contribution in [-0.2, 0) is 24.8 Å². The van der Waals surface area contributed by atoms with Gasteiger partial charge < -0.3 is 9.47 Å². The van der Waals surface area contributed by atoms with Crippen LogP contribution < -0.4 is 0 Å². The highest BCUT2D eigenvalue weighted by Crippen LogP contribution is 2.32. The summed E-state index contributed by atoms with van der Waals surface area (Å²) < 4.78 is 10.8. The number of hydrogen-bond donors (Lipinski definition) is 0. The van der Waals surface area contributed by atoms with Crippen LogP contribution in [0.15, 0.2) is 64.4 Å². The third-order valence-corrected chi connectivity index (χ3v) is 3.63. The van der Waals surface area contributed by atoms with Crippen molar-refractivity contribution in [1.82, 2.24) is 0 Å². The van der Waals surface area contributed by atoms with E-state index in [-0.39, 0.29) is 0 Å². The number of allylic oxidation sites excluding steroid dienone is 2. The van der Waals surface area contributed by atoms with Crippen LogP contribution in [-0.4, -0.2) is 17.7 Å². The van der Waals surface area contributed by atoms with Crippen molar-refractivity contribution in [2.75, 3.05) is 0 Å². The number of nitrogens with zero attached hydrogens (tertiary/aromatic N) is 2. The second-order valence-corrected chi connectivity index (χ2v) is 5.96. The Bertz CT molecular complexity index is 805. The highest BCUT2D eigenvalue weighted by atomic mass is 16.6. The lowest BCUT2D eigenvalue weighted by atomic mass is 10.0. The van der Waals surface area contributed by atoms with Crippen molar-refractivity contribution in [1.29, 1.82) is 0 Å². The summed E-state index contributed by atoms with van der Waals surface area (Å²) in [5.41, 5.74) is -1.68. The van der Waals surface area contributed by atoms with Crippen molar-refractivity contribution < 1.29 is 19.1 Å². The fraction of sp³-hybridized carbons (Fsp3) is 0.333. The van der Waals surface area contributed by atoms with Crippen LogP contribution in [0.1, 0.15) is 40.2 Å². The average molecular weight is 368 g/mol. The summed E-state index contributed by atoms with van der Waals surface area (Å²) in [5.74, 6) is 1.32. The molecule has 0 saturated carbocycles. The normalized spacial score (nSPS) is 16.4. The zero-order valence-electron chi connectivity index (χ0n) is 16.2. The smallest absolute Gasteiger partial charge is 0.305 e. The largest absolute Gasteiger partial charge is 0.431 e. The van der Waals surface area contributed by atoms with Gasteiger partial charge in [0, 0.05) is 38.8 Å². The van der Waals surface area contributed by atoms with Crippen LogP contribution in [0.2, 0.25) is 0 Å². The molecule has 6 nitrogen and oxygen atoms in total. The highest BCUT2D eigenvalue weighted by molar-refractivity contribution is 5.67. The highest BCUT2D eigenvalue weighted by Gasteiger charge is 2.35. The maximum atomic E-state index is 11.6. The Kier molecular flexibility index (Phi) is 7.67. The van der Waals surface area contributed by atoms with E-state index in [2.05, 4.69) is 16.1 Å². The summed E-state index contributed by atoms with van der Waals surface area (Å²) in [6.07, 6.45) is 10.0. The summed E-state index contributed by atoms with van der Waals surface area (Å²) in [5, 5.41) is 8.48. The summed E-state index contributed by atoms with van der Waals surface area (Å²) in [6.45, 7) is 7.50. The fourth-order valence-corrected chi connectivity index (χ4v) is 2.43. The first-order valence-corrected chi connectivity index (χ1v) is 8.35. The van der Waals surface area contributed by atoms with E-state index in [0.29, 0.717) is 11.1 Å². The van der Waals surface area contributed by atoms with E-state index in [0.717, 1.165) is 0 Å². The lowest BCUT2D eigenvalue weighted by molar-refractivity contribution is -0.159. The second kappa shape index (κ2) is 9.48.